The molecule has 2 rings (SSSR count). The molecule has 0 saturated carbocycles. The Morgan fingerprint density at radius 1 is 1.39 bits per heavy atom. The van der Waals surface area contributed by atoms with Gasteiger partial charge >= 0.3 is 0 Å². The van der Waals surface area contributed by atoms with E-state index in [0.717, 1.165) is 6.29 Å². The third-order valence-electron chi connectivity index (χ3n) is 2.32. The van der Waals surface area contributed by atoms with Crippen molar-refractivity contribution in [3.05, 3.63) is 42.5 Å². The van der Waals surface area contributed by atoms with Crippen molar-refractivity contribution in [2.24, 2.45) is 0 Å². The molecule has 0 saturated heterocycles. The number of aromatic nitrogens is 3. The fourth-order valence-corrected chi connectivity index (χ4v) is 1.43. The van der Waals surface area contributed by atoms with Crippen molar-refractivity contribution in [1.82, 2.24) is 14.8 Å². The molecule has 6 heteroatoms. The number of ether oxygens (including phenoxy) is 1. The van der Waals surface area contributed by atoms with Crippen LogP contribution in [0.5, 0.6) is 5.75 Å². The van der Waals surface area contributed by atoms with E-state index in [1.54, 1.807) is 24.3 Å². The molecule has 0 aliphatic rings. The van der Waals surface area contributed by atoms with E-state index in [0.29, 0.717) is 17.9 Å². The predicted molar refractivity (Wildman–Crippen MR) is 63.4 cm³/mol. The summed E-state index contributed by atoms with van der Waals surface area (Å²) in [4.78, 5) is 14.2. The van der Waals surface area contributed by atoms with Crippen molar-refractivity contribution >= 4 is 6.29 Å². The molecule has 0 aliphatic heterocycles. The molecule has 18 heavy (non-hydrogen) atoms. The average Bonchev–Trinajstić information content (AvgIpc) is 2.90. The second-order valence-electron chi connectivity index (χ2n) is 3.77. The van der Waals surface area contributed by atoms with Gasteiger partial charge in [0.2, 0.25) is 0 Å². The topological polar surface area (TPSA) is 77.2 Å². The van der Waals surface area contributed by atoms with Gasteiger partial charge in [0.15, 0.2) is 0 Å². The summed E-state index contributed by atoms with van der Waals surface area (Å²) < 4.78 is 6.92. The quantitative estimate of drug-likeness (QED) is 0.753. The third kappa shape index (κ3) is 3.39. The first kappa shape index (κ1) is 12.3. The largest absolute Gasteiger partial charge is 0.491 e. The van der Waals surface area contributed by atoms with E-state index >= 15 is 0 Å². The van der Waals surface area contributed by atoms with E-state index in [1.165, 1.54) is 17.3 Å². The SMILES string of the molecule is O=Cc1ccc(OCC(O)Cn2cncn2)cc1. The van der Waals surface area contributed by atoms with E-state index < -0.39 is 6.10 Å². The summed E-state index contributed by atoms with van der Waals surface area (Å²) in [5, 5.41) is 13.6. The molecule has 1 aromatic heterocycles. The van der Waals surface area contributed by atoms with Crippen molar-refractivity contribution in [3.8, 4) is 5.75 Å². The van der Waals surface area contributed by atoms with E-state index in [2.05, 4.69) is 10.1 Å². The highest BCUT2D eigenvalue weighted by Gasteiger charge is 2.06. The normalized spacial score (nSPS) is 12.1. The van der Waals surface area contributed by atoms with Crippen molar-refractivity contribution < 1.29 is 14.6 Å². The van der Waals surface area contributed by atoms with Crippen LogP contribution in [0.3, 0.4) is 0 Å². The molecule has 2 aromatic rings. The standard InChI is InChI=1S/C12H13N3O3/c16-6-10-1-3-12(4-2-10)18-7-11(17)5-15-9-13-8-14-15/h1-4,6,8-9,11,17H,5,7H2. The van der Waals surface area contributed by atoms with Crippen molar-refractivity contribution in [2.75, 3.05) is 6.61 Å². The maximum absolute atomic E-state index is 10.5. The highest BCUT2D eigenvalue weighted by atomic mass is 16.5. The number of hydrogen-bond acceptors (Lipinski definition) is 5. The van der Waals surface area contributed by atoms with Gasteiger partial charge in [-0.1, -0.05) is 0 Å². The fourth-order valence-electron chi connectivity index (χ4n) is 1.43. The van der Waals surface area contributed by atoms with Crippen LogP contribution in [0.25, 0.3) is 0 Å². The second kappa shape index (κ2) is 5.92. The van der Waals surface area contributed by atoms with Gasteiger partial charge in [-0.2, -0.15) is 5.10 Å². The molecule has 1 atom stereocenters. The Balaban J connectivity index is 1.81. The molecule has 0 amide bonds. The highest BCUT2D eigenvalue weighted by Crippen LogP contribution is 2.11. The molecule has 0 radical (unpaired) electrons. The van der Waals surface area contributed by atoms with Crippen LogP contribution in [0.15, 0.2) is 36.9 Å². The van der Waals surface area contributed by atoms with Gasteiger partial charge in [-0.15, -0.1) is 0 Å². The zero-order chi connectivity index (χ0) is 12.8. The van der Waals surface area contributed by atoms with Crippen LogP contribution in [0.2, 0.25) is 0 Å². The lowest BCUT2D eigenvalue weighted by atomic mass is 10.2. The van der Waals surface area contributed by atoms with Crippen molar-refractivity contribution in [1.29, 1.82) is 0 Å². The van der Waals surface area contributed by atoms with Gasteiger partial charge in [-0.25, -0.2) is 4.98 Å². The Kier molecular flexibility index (Phi) is 4.03. The summed E-state index contributed by atoms with van der Waals surface area (Å²) in [7, 11) is 0. The minimum Gasteiger partial charge on any atom is -0.491 e. The summed E-state index contributed by atoms with van der Waals surface area (Å²) in [6.45, 7) is 0.479. The van der Waals surface area contributed by atoms with Gasteiger partial charge in [-0.3, -0.25) is 9.48 Å². The zero-order valence-electron chi connectivity index (χ0n) is 9.64. The van der Waals surface area contributed by atoms with Crippen LogP contribution in [0.4, 0.5) is 0 Å². The smallest absolute Gasteiger partial charge is 0.150 e. The summed E-state index contributed by atoms with van der Waals surface area (Å²) in [6, 6.07) is 6.69. The van der Waals surface area contributed by atoms with E-state index in [4.69, 9.17) is 4.74 Å². The van der Waals surface area contributed by atoms with Gasteiger partial charge in [0.25, 0.3) is 0 Å². The van der Waals surface area contributed by atoms with E-state index in [1.807, 2.05) is 0 Å². The number of carbonyl (C=O) groups is 1. The molecule has 0 bridgehead atoms. The molecule has 94 valence electrons. The molecule has 1 heterocycles. The molecule has 1 unspecified atom stereocenters. The number of rotatable bonds is 6. The number of benzene rings is 1. The number of hydrogen-bond donors (Lipinski definition) is 1. The average molecular weight is 247 g/mol. The van der Waals surface area contributed by atoms with Crippen molar-refractivity contribution in [2.45, 2.75) is 12.6 Å². The Labute approximate surface area is 104 Å². The van der Waals surface area contributed by atoms with Crippen LogP contribution < -0.4 is 4.74 Å². The highest BCUT2D eigenvalue weighted by molar-refractivity contribution is 5.74. The lowest BCUT2D eigenvalue weighted by Gasteiger charge is -2.12. The molecule has 0 aliphatic carbocycles. The second-order valence-corrected chi connectivity index (χ2v) is 3.77. The minimum absolute atomic E-state index is 0.153. The van der Waals surface area contributed by atoms with Crippen LogP contribution in [-0.2, 0) is 6.54 Å². The minimum atomic E-state index is -0.669. The summed E-state index contributed by atoms with van der Waals surface area (Å²) >= 11 is 0. The number of carbonyl (C=O) groups excluding carboxylic acids is 1. The Morgan fingerprint density at radius 3 is 2.78 bits per heavy atom. The first-order valence-corrected chi connectivity index (χ1v) is 5.46. The Bertz CT molecular complexity index is 482. The van der Waals surface area contributed by atoms with E-state index in [9.17, 15) is 9.90 Å². The number of aliphatic hydroxyl groups excluding tert-OH is 1. The lowest BCUT2D eigenvalue weighted by Crippen LogP contribution is -2.23. The number of aliphatic hydroxyl groups is 1. The van der Waals surface area contributed by atoms with Crippen molar-refractivity contribution in [3.63, 3.8) is 0 Å². The van der Waals surface area contributed by atoms with Gasteiger partial charge < -0.3 is 9.84 Å². The monoisotopic (exact) mass is 247 g/mol. The molecule has 0 spiro atoms. The maximum atomic E-state index is 10.5. The van der Waals surface area contributed by atoms with Gasteiger partial charge in [0, 0.05) is 5.56 Å². The summed E-state index contributed by atoms with van der Waals surface area (Å²) in [5.41, 5.74) is 0.588. The molecule has 0 fully saturated rings. The van der Waals surface area contributed by atoms with Crippen LogP contribution in [0, 0.1) is 0 Å². The van der Waals surface area contributed by atoms with Crippen LogP contribution in [-0.4, -0.2) is 38.9 Å². The number of aldehydes is 1. The van der Waals surface area contributed by atoms with Crippen LogP contribution in [0.1, 0.15) is 10.4 Å². The van der Waals surface area contributed by atoms with Gasteiger partial charge in [-0.05, 0) is 24.3 Å². The third-order valence-corrected chi connectivity index (χ3v) is 2.32. The van der Waals surface area contributed by atoms with E-state index in [-0.39, 0.29) is 6.61 Å². The molecule has 6 nitrogen and oxygen atoms in total. The maximum Gasteiger partial charge on any atom is 0.150 e. The van der Waals surface area contributed by atoms with Crippen LogP contribution >= 0.6 is 0 Å². The zero-order valence-corrected chi connectivity index (χ0v) is 9.64. The molecular formula is C12H13N3O3. The van der Waals surface area contributed by atoms with Gasteiger partial charge in [0.05, 0.1) is 6.54 Å². The fraction of sp³-hybridized carbons (Fsp3) is 0.250. The number of nitrogens with zero attached hydrogens (tertiary/aromatic N) is 3. The molecule has 1 N–H and O–H groups in total. The molecule has 1 aromatic carbocycles. The predicted octanol–water partition coefficient (Wildman–Crippen LogP) is 0.531. The first-order valence-electron chi connectivity index (χ1n) is 5.46. The van der Waals surface area contributed by atoms with Gasteiger partial charge in [0.1, 0.15) is 37.4 Å². The summed E-state index contributed by atoms with van der Waals surface area (Å²) in [6.07, 6.45) is 3.04. The summed E-state index contributed by atoms with van der Waals surface area (Å²) in [5.74, 6) is 0.609. The Hall–Kier alpha value is -2.21. The lowest BCUT2D eigenvalue weighted by molar-refractivity contribution is 0.0892. The Morgan fingerprint density at radius 2 is 2.17 bits per heavy atom. The first-order chi connectivity index (χ1) is 8.78. The molecular weight excluding hydrogens is 234 g/mol.